The SMILES string of the molecule is C[C@H](OC(=O)c1ccc(CN2CCOCC2)cc1)C(=O)Nc1ccc(Cl)cc1F. The third kappa shape index (κ3) is 6.00. The van der Waals surface area contributed by atoms with E-state index in [9.17, 15) is 14.0 Å². The molecule has 1 aliphatic rings. The summed E-state index contributed by atoms with van der Waals surface area (Å²) >= 11 is 5.69. The molecule has 1 aliphatic heterocycles. The zero-order valence-corrected chi connectivity index (χ0v) is 16.7. The number of benzene rings is 2. The van der Waals surface area contributed by atoms with Crippen molar-refractivity contribution in [3.8, 4) is 0 Å². The van der Waals surface area contributed by atoms with Crippen molar-refractivity contribution in [1.82, 2.24) is 4.90 Å². The maximum Gasteiger partial charge on any atom is 0.338 e. The molecule has 1 fully saturated rings. The first-order valence-electron chi connectivity index (χ1n) is 9.28. The van der Waals surface area contributed by atoms with E-state index in [4.69, 9.17) is 21.1 Å². The molecule has 0 saturated carbocycles. The van der Waals surface area contributed by atoms with Gasteiger partial charge in [-0.2, -0.15) is 0 Å². The Morgan fingerprint density at radius 1 is 1.21 bits per heavy atom. The second kappa shape index (κ2) is 9.82. The summed E-state index contributed by atoms with van der Waals surface area (Å²) in [6.07, 6.45) is -1.09. The van der Waals surface area contributed by atoms with E-state index in [-0.39, 0.29) is 10.7 Å². The highest BCUT2D eigenvalue weighted by Gasteiger charge is 2.20. The van der Waals surface area contributed by atoms with Gasteiger partial charge in [0.15, 0.2) is 6.10 Å². The Hall–Kier alpha value is -2.48. The zero-order valence-electron chi connectivity index (χ0n) is 16.0. The number of ether oxygens (including phenoxy) is 2. The molecule has 1 atom stereocenters. The maximum absolute atomic E-state index is 13.8. The number of esters is 1. The first-order valence-corrected chi connectivity index (χ1v) is 9.66. The molecule has 6 nitrogen and oxygen atoms in total. The molecule has 3 rings (SSSR count). The minimum absolute atomic E-state index is 0.0326. The van der Waals surface area contributed by atoms with Crippen LogP contribution in [0.1, 0.15) is 22.8 Å². The summed E-state index contributed by atoms with van der Waals surface area (Å²) in [5, 5.41) is 2.60. The van der Waals surface area contributed by atoms with E-state index in [0.29, 0.717) is 5.56 Å². The lowest BCUT2D eigenvalue weighted by atomic mass is 10.1. The number of amides is 1. The van der Waals surface area contributed by atoms with E-state index in [1.807, 2.05) is 12.1 Å². The van der Waals surface area contributed by atoms with E-state index in [0.717, 1.165) is 44.5 Å². The second-order valence-corrected chi connectivity index (χ2v) is 7.18. The topological polar surface area (TPSA) is 67.9 Å². The Labute approximate surface area is 173 Å². The first-order chi connectivity index (χ1) is 13.9. The van der Waals surface area contributed by atoms with Gasteiger partial charge >= 0.3 is 5.97 Å². The predicted molar refractivity (Wildman–Crippen MR) is 107 cm³/mol. The quantitative estimate of drug-likeness (QED) is 0.724. The van der Waals surface area contributed by atoms with Crippen molar-refractivity contribution in [2.24, 2.45) is 0 Å². The number of nitrogens with zero attached hydrogens (tertiary/aromatic N) is 1. The molecule has 8 heteroatoms. The minimum atomic E-state index is -1.09. The molecule has 154 valence electrons. The van der Waals surface area contributed by atoms with E-state index in [1.54, 1.807) is 12.1 Å². The smallest absolute Gasteiger partial charge is 0.338 e. The van der Waals surface area contributed by atoms with Crippen LogP contribution in [-0.4, -0.2) is 49.2 Å². The summed E-state index contributed by atoms with van der Waals surface area (Å²) in [6, 6.07) is 10.9. The molecule has 2 aromatic rings. The van der Waals surface area contributed by atoms with E-state index < -0.39 is 23.8 Å². The van der Waals surface area contributed by atoms with Gasteiger partial charge in [-0.05, 0) is 42.8 Å². The van der Waals surface area contributed by atoms with Crippen molar-refractivity contribution in [3.63, 3.8) is 0 Å². The van der Waals surface area contributed by atoms with Crippen LogP contribution in [0.15, 0.2) is 42.5 Å². The Morgan fingerprint density at radius 3 is 2.55 bits per heavy atom. The molecule has 0 bridgehead atoms. The zero-order chi connectivity index (χ0) is 20.8. The van der Waals surface area contributed by atoms with Crippen LogP contribution in [0.25, 0.3) is 0 Å². The van der Waals surface area contributed by atoms with Crippen LogP contribution in [0.5, 0.6) is 0 Å². The molecule has 0 aromatic heterocycles. The van der Waals surface area contributed by atoms with Gasteiger partial charge in [0.2, 0.25) is 0 Å². The van der Waals surface area contributed by atoms with Gasteiger partial charge in [0, 0.05) is 24.7 Å². The van der Waals surface area contributed by atoms with Crippen LogP contribution in [0.4, 0.5) is 10.1 Å². The lowest BCUT2D eigenvalue weighted by molar-refractivity contribution is -0.123. The number of carbonyl (C=O) groups is 2. The molecular formula is C21H22ClFN2O4. The van der Waals surface area contributed by atoms with Gasteiger partial charge in [-0.3, -0.25) is 9.69 Å². The van der Waals surface area contributed by atoms with Gasteiger partial charge in [0.25, 0.3) is 5.91 Å². The standard InChI is InChI=1S/C21H22ClFN2O4/c1-14(20(26)24-19-7-6-17(22)12-18(19)23)29-21(27)16-4-2-15(3-5-16)13-25-8-10-28-11-9-25/h2-7,12,14H,8-11,13H2,1H3,(H,24,26)/t14-/m0/s1. The van der Waals surface area contributed by atoms with Crippen LogP contribution in [0, 0.1) is 5.82 Å². The molecule has 1 amide bonds. The van der Waals surface area contributed by atoms with Gasteiger partial charge < -0.3 is 14.8 Å². The molecule has 1 N–H and O–H groups in total. The van der Waals surface area contributed by atoms with Crippen LogP contribution in [0.2, 0.25) is 5.02 Å². The molecule has 1 saturated heterocycles. The predicted octanol–water partition coefficient (Wildman–Crippen LogP) is 3.50. The lowest BCUT2D eigenvalue weighted by Crippen LogP contribution is -2.35. The number of anilines is 1. The van der Waals surface area contributed by atoms with Crippen LogP contribution in [0.3, 0.4) is 0 Å². The highest BCUT2D eigenvalue weighted by atomic mass is 35.5. The highest BCUT2D eigenvalue weighted by Crippen LogP contribution is 2.19. The number of morpholine rings is 1. The monoisotopic (exact) mass is 420 g/mol. The Balaban J connectivity index is 1.53. The summed E-state index contributed by atoms with van der Waals surface area (Å²) in [5.41, 5.74) is 1.38. The van der Waals surface area contributed by atoms with E-state index in [1.165, 1.54) is 19.1 Å². The normalized spacial score (nSPS) is 15.6. The molecule has 0 radical (unpaired) electrons. The Kier molecular flexibility index (Phi) is 7.19. The fraction of sp³-hybridized carbons (Fsp3) is 0.333. The first kappa shape index (κ1) is 21.2. The second-order valence-electron chi connectivity index (χ2n) is 6.75. The molecule has 29 heavy (non-hydrogen) atoms. The Morgan fingerprint density at radius 2 is 1.90 bits per heavy atom. The summed E-state index contributed by atoms with van der Waals surface area (Å²) < 4.78 is 24.3. The number of halogens is 2. The molecule has 0 spiro atoms. The average Bonchev–Trinajstić information content (AvgIpc) is 2.71. The number of rotatable bonds is 6. The van der Waals surface area contributed by atoms with Crippen molar-refractivity contribution in [3.05, 3.63) is 64.4 Å². The fourth-order valence-corrected chi connectivity index (χ4v) is 3.03. The van der Waals surface area contributed by atoms with Crippen LogP contribution < -0.4 is 5.32 Å². The van der Waals surface area contributed by atoms with Crippen molar-refractivity contribution in [2.75, 3.05) is 31.6 Å². The van der Waals surface area contributed by atoms with E-state index in [2.05, 4.69) is 10.2 Å². The van der Waals surface area contributed by atoms with Crippen LogP contribution in [-0.2, 0) is 20.8 Å². The van der Waals surface area contributed by atoms with Crippen molar-refractivity contribution in [1.29, 1.82) is 0 Å². The van der Waals surface area contributed by atoms with Gasteiger partial charge in [-0.15, -0.1) is 0 Å². The largest absolute Gasteiger partial charge is 0.449 e. The van der Waals surface area contributed by atoms with Gasteiger partial charge in [-0.1, -0.05) is 23.7 Å². The summed E-state index contributed by atoms with van der Waals surface area (Å²) in [6.45, 7) is 5.42. The molecule has 0 aliphatic carbocycles. The van der Waals surface area contributed by atoms with Gasteiger partial charge in [0.1, 0.15) is 5.82 Å². The summed E-state index contributed by atoms with van der Waals surface area (Å²) in [7, 11) is 0. The lowest BCUT2D eigenvalue weighted by Gasteiger charge is -2.26. The number of hydrogen-bond donors (Lipinski definition) is 1. The maximum atomic E-state index is 13.8. The third-order valence-corrected chi connectivity index (χ3v) is 4.78. The number of carbonyl (C=O) groups excluding carboxylic acids is 2. The molecular weight excluding hydrogens is 399 g/mol. The average molecular weight is 421 g/mol. The van der Waals surface area contributed by atoms with Gasteiger partial charge in [0.05, 0.1) is 24.5 Å². The summed E-state index contributed by atoms with van der Waals surface area (Å²) in [4.78, 5) is 26.8. The fourth-order valence-electron chi connectivity index (χ4n) is 2.87. The minimum Gasteiger partial charge on any atom is -0.449 e. The van der Waals surface area contributed by atoms with Crippen molar-refractivity contribution in [2.45, 2.75) is 19.6 Å². The molecule has 1 heterocycles. The number of nitrogens with one attached hydrogen (secondary N) is 1. The third-order valence-electron chi connectivity index (χ3n) is 4.54. The van der Waals surface area contributed by atoms with Gasteiger partial charge in [-0.25, -0.2) is 9.18 Å². The Bertz CT molecular complexity index is 869. The van der Waals surface area contributed by atoms with Crippen molar-refractivity contribution >= 4 is 29.2 Å². The van der Waals surface area contributed by atoms with Crippen molar-refractivity contribution < 1.29 is 23.5 Å². The van der Waals surface area contributed by atoms with Crippen LogP contribution >= 0.6 is 11.6 Å². The number of hydrogen-bond acceptors (Lipinski definition) is 5. The molecule has 0 unspecified atom stereocenters. The van der Waals surface area contributed by atoms with E-state index >= 15 is 0 Å². The summed E-state index contributed by atoms with van der Waals surface area (Å²) in [5.74, 6) is -1.93. The molecule has 2 aromatic carbocycles. The highest BCUT2D eigenvalue weighted by molar-refractivity contribution is 6.30.